The lowest BCUT2D eigenvalue weighted by Gasteiger charge is -2.07. The molecule has 0 atom stereocenters. The summed E-state index contributed by atoms with van der Waals surface area (Å²) in [4.78, 5) is 23.0. The maximum Gasteiger partial charge on any atom is 0.374 e. The van der Waals surface area contributed by atoms with E-state index in [1.807, 2.05) is 5.32 Å². The Balaban J connectivity index is 1.92. The SMILES string of the molecule is O=C(COC(=O)c1ccc(Br)o1)Nc1c(F)cccc1F. The number of rotatable bonds is 4. The lowest BCUT2D eigenvalue weighted by Crippen LogP contribution is -2.22. The van der Waals surface area contributed by atoms with E-state index in [-0.39, 0.29) is 5.76 Å². The average molecular weight is 360 g/mol. The third-order valence-corrected chi connectivity index (χ3v) is 2.76. The van der Waals surface area contributed by atoms with Gasteiger partial charge in [0.05, 0.1) is 0 Å². The van der Waals surface area contributed by atoms with Crippen molar-refractivity contribution in [2.75, 3.05) is 11.9 Å². The summed E-state index contributed by atoms with van der Waals surface area (Å²) in [7, 11) is 0. The Hall–Kier alpha value is -2.22. The zero-order chi connectivity index (χ0) is 15.4. The van der Waals surface area contributed by atoms with Crippen LogP contribution in [0.15, 0.2) is 39.4 Å². The molecule has 0 aliphatic rings. The van der Waals surface area contributed by atoms with Gasteiger partial charge < -0.3 is 14.5 Å². The molecule has 0 saturated carbocycles. The van der Waals surface area contributed by atoms with E-state index >= 15 is 0 Å². The number of benzene rings is 1. The molecule has 1 aromatic carbocycles. The van der Waals surface area contributed by atoms with E-state index in [1.165, 1.54) is 12.1 Å². The highest BCUT2D eigenvalue weighted by atomic mass is 79.9. The first-order valence-electron chi connectivity index (χ1n) is 5.63. The predicted molar refractivity (Wildman–Crippen MR) is 71.7 cm³/mol. The van der Waals surface area contributed by atoms with Crippen LogP contribution in [0.5, 0.6) is 0 Å². The molecule has 0 unspecified atom stereocenters. The molecule has 1 heterocycles. The molecular weight excluding hydrogens is 352 g/mol. The summed E-state index contributed by atoms with van der Waals surface area (Å²) in [5.41, 5.74) is -0.598. The van der Waals surface area contributed by atoms with Crippen LogP contribution in [0.3, 0.4) is 0 Å². The van der Waals surface area contributed by atoms with Gasteiger partial charge in [-0.05, 0) is 40.2 Å². The quantitative estimate of drug-likeness (QED) is 0.851. The summed E-state index contributed by atoms with van der Waals surface area (Å²) in [6.07, 6.45) is 0. The molecule has 0 saturated heterocycles. The van der Waals surface area contributed by atoms with Gasteiger partial charge in [0.1, 0.15) is 17.3 Å². The van der Waals surface area contributed by atoms with Crippen molar-refractivity contribution in [2.24, 2.45) is 0 Å². The van der Waals surface area contributed by atoms with Gasteiger partial charge in [0, 0.05) is 0 Å². The zero-order valence-electron chi connectivity index (χ0n) is 10.4. The first-order valence-corrected chi connectivity index (χ1v) is 6.43. The van der Waals surface area contributed by atoms with Crippen molar-refractivity contribution in [1.29, 1.82) is 0 Å². The minimum absolute atomic E-state index is 0.105. The lowest BCUT2D eigenvalue weighted by molar-refractivity contribution is -0.119. The number of nitrogens with one attached hydrogen (secondary N) is 1. The Morgan fingerprint density at radius 3 is 2.43 bits per heavy atom. The van der Waals surface area contributed by atoms with Gasteiger partial charge in [-0.3, -0.25) is 4.79 Å². The maximum atomic E-state index is 13.3. The van der Waals surface area contributed by atoms with Gasteiger partial charge in [0.2, 0.25) is 5.76 Å². The summed E-state index contributed by atoms with van der Waals surface area (Å²) >= 11 is 3.00. The minimum atomic E-state index is -0.926. The van der Waals surface area contributed by atoms with Gasteiger partial charge >= 0.3 is 5.97 Å². The number of esters is 1. The van der Waals surface area contributed by atoms with Crippen LogP contribution in [0.25, 0.3) is 0 Å². The number of hydrogen-bond donors (Lipinski definition) is 1. The molecule has 8 heteroatoms. The van der Waals surface area contributed by atoms with E-state index in [0.29, 0.717) is 4.67 Å². The number of amides is 1. The largest absolute Gasteiger partial charge is 0.450 e. The topological polar surface area (TPSA) is 68.5 Å². The van der Waals surface area contributed by atoms with Gasteiger partial charge in [-0.15, -0.1) is 0 Å². The van der Waals surface area contributed by atoms with Crippen molar-refractivity contribution in [3.8, 4) is 0 Å². The Kier molecular flexibility index (Phi) is 4.69. The van der Waals surface area contributed by atoms with E-state index in [1.54, 1.807) is 0 Å². The van der Waals surface area contributed by atoms with Gasteiger partial charge in [0.15, 0.2) is 11.3 Å². The zero-order valence-corrected chi connectivity index (χ0v) is 11.9. The first-order chi connectivity index (χ1) is 9.97. The molecule has 0 aliphatic heterocycles. The fraction of sp³-hybridized carbons (Fsp3) is 0.0769. The summed E-state index contributed by atoms with van der Waals surface area (Å²) in [5.74, 6) is -3.70. The minimum Gasteiger partial charge on any atom is -0.450 e. The fourth-order valence-electron chi connectivity index (χ4n) is 1.42. The normalized spacial score (nSPS) is 10.2. The van der Waals surface area contributed by atoms with Crippen molar-refractivity contribution < 1.29 is 27.5 Å². The lowest BCUT2D eigenvalue weighted by atomic mass is 10.3. The molecule has 2 aromatic rings. The van der Waals surface area contributed by atoms with Crippen LogP contribution in [-0.4, -0.2) is 18.5 Å². The number of halogens is 3. The molecule has 21 heavy (non-hydrogen) atoms. The summed E-state index contributed by atoms with van der Waals surface area (Å²) in [5, 5.41) is 1.98. The molecule has 1 aromatic heterocycles. The molecule has 0 spiro atoms. The molecule has 2 rings (SSSR count). The van der Waals surface area contributed by atoms with E-state index in [0.717, 1.165) is 18.2 Å². The van der Waals surface area contributed by atoms with Crippen LogP contribution in [0.2, 0.25) is 0 Å². The first kappa shape index (κ1) is 15.2. The van der Waals surface area contributed by atoms with Crippen LogP contribution in [0.4, 0.5) is 14.5 Å². The number of ether oxygens (including phenoxy) is 1. The molecule has 1 N–H and O–H groups in total. The molecule has 1 amide bonds. The van der Waals surface area contributed by atoms with E-state index in [9.17, 15) is 18.4 Å². The van der Waals surface area contributed by atoms with Crippen molar-refractivity contribution in [2.45, 2.75) is 0 Å². The Bertz CT molecular complexity index is 666. The van der Waals surface area contributed by atoms with Gasteiger partial charge in [0.25, 0.3) is 5.91 Å². The predicted octanol–water partition coefficient (Wildman–Crippen LogP) is 3.12. The van der Waals surface area contributed by atoms with Crippen LogP contribution in [0.1, 0.15) is 10.6 Å². The third-order valence-electron chi connectivity index (χ3n) is 2.34. The summed E-state index contributed by atoms with van der Waals surface area (Å²) in [6.45, 7) is -0.703. The molecule has 110 valence electrons. The van der Waals surface area contributed by atoms with Crippen LogP contribution >= 0.6 is 15.9 Å². The molecule has 0 aliphatic carbocycles. The number of hydrogen-bond acceptors (Lipinski definition) is 4. The monoisotopic (exact) mass is 359 g/mol. The highest BCUT2D eigenvalue weighted by Crippen LogP contribution is 2.18. The molecule has 0 fully saturated rings. The summed E-state index contributed by atoms with van der Waals surface area (Å²) < 4.78 is 36.5. The van der Waals surface area contributed by atoms with Crippen molar-refractivity contribution in [3.05, 3.63) is 52.4 Å². The van der Waals surface area contributed by atoms with Crippen molar-refractivity contribution >= 4 is 33.5 Å². The van der Waals surface area contributed by atoms with Crippen molar-refractivity contribution in [1.82, 2.24) is 0 Å². The number of anilines is 1. The second-order valence-corrected chi connectivity index (χ2v) is 4.61. The highest BCUT2D eigenvalue weighted by molar-refractivity contribution is 9.10. The van der Waals surface area contributed by atoms with Crippen LogP contribution < -0.4 is 5.32 Å². The van der Waals surface area contributed by atoms with Gasteiger partial charge in [-0.2, -0.15) is 0 Å². The molecular formula is C13H8BrF2NO4. The van der Waals surface area contributed by atoms with Gasteiger partial charge in [-0.1, -0.05) is 6.07 Å². The fourth-order valence-corrected chi connectivity index (χ4v) is 1.73. The van der Waals surface area contributed by atoms with Crippen LogP contribution in [-0.2, 0) is 9.53 Å². The summed E-state index contributed by atoms with van der Waals surface area (Å²) in [6, 6.07) is 5.97. The number of carbonyl (C=O) groups excluding carboxylic acids is 2. The number of furan rings is 1. The number of para-hydroxylation sites is 1. The van der Waals surface area contributed by atoms with Gasteiger partial charge in [-0.25, -0.2) is 13.6 Å². The maximum absolute atomic E-state index is 13.3. The van der Waals surface area contributed by atoms with E-state index in [4.69, 9.17) is 4.42 Å². The van der Waals surface area contributed by atoms with E-state index in [2.05, 4.69) is 20.7 Å². The average Bonchev–Trinajstić information content (AvgIpc) is 2.87. The Morgan fingerprint density at radius 1 is 1.19 bits per heavy atom. The smallest absolute Gasteiger partial charge is 0.374 e. The van der Waals surface area contributed by atoms with E-state index < -0.39 is 35.8 Å². The number of carbonyl (C=O) groups is 2. The standard InChI is InChI=1S/C13H8BrF2NO4/c14-10-5-4-9(21-10)13(19)20-6-11(18)17-12-7(15)2-1-3-8(12)16/h1-5H,6H2,(H,17,18). The third kappa shape index (κ3) is 3.88. The molecule has 5 nitrogen and oxygen atoms in total. The molecule has 0 radical (unpaired) electrons. The second kappa shape index (κ2) is 6.49. The highest BCUT2D eigenvalue weighted by Gasteiger charge is 2.16. The Morgan fingerprint density at radius 2 is 1.86 bits per heavy atom. The Labute approximate surface area is 126 Å². The van der Waals surface area contributed by atoms with Crippen molar-refractivity contribution in [3.63, 3.8) is 0 Å². The van der Waals surface area contributed by atoms with Crippen LogP contribution in [0, 0.1) is 11.6 Å². The second-order valence-electron chi connectivity index (χ2n) is 3.82. The molecule has 0 bridgehead atoms.